The maximum absolute atomic E-state index is 12.7. The van der Waals surface area contributed by atoms with Crippen LogP contribution in [0.15, 0.2) is 24.3 Å². The Hall–Kier alpha value is -2.08. The third kappa shape index (κ3) is 5.97. The lowest BCUT2D eigenvalue weighted by Gasteiger charge is -2.38. The monoisotopic (exact) mass is 415 g/mol. The van der Waals surface area contributed by atoms with Crippen LogP contribution in [0, 0.1) is 0 Å². The van der Waals surface area contributed by atoms with E-state index in [1.165, 1.54) is 32.1 Å². The highest BCUT2D eigenvalue weighted by molar-refractivity contribution is 5.97. The van der Waals surface area contributed by atoms with Crippen molar-refractivity contribution in [1.82, 2.24) is 10.2 Å². The third-order valence-electron chi connectivity index (χ3n) is 6.49. The highest BCUT2D eigenvalue weighted by Crippen LogP contribution is 2.31. The van der Waals surface area contributed by atoms with E-state index in [-0.39, 0.29) is 24.7 Å². The number of hydrogen-bond acceptors (Lipinski definition) is 4. The van der Waals surface area contributed by atoms with Crippen LogP contribution in [0.5, 0.6) is 5.75 Å². The van der Waals surface area contributed by atoms with Gasteiger partial charge in [-0.3, -0.25) is 14.5 Å². The fraction of sp³-hybridized carbons (Fsp3) is 0.667. The fourth-order valence-electron chi connectivity index (χ4n) is 4.61. The van der Waals surface area contributed by atoms with Crippen LogP contribution in [0.4, 0.5) is 5.69 Å². The molecule has 1 aromatic carbocycles. The van der Waals surface area contributed by atoms with Gasteiger partial charge < -0.3 is 15.0 Å². The van der Waals surface area contributed by atoms with E-state index in [0.29, 0.717) is 31.8 Å². The van der Waals surface area contributed by atoms with Gasteiger partial charge in [0.25, 0.3) is 0 Å². The van der Waals surface area contributed by atoms with E-state index in [1.807, 2.05) is 24.3 Å². The van der Waals surface area contributed by atoms with Gasteiger partial charge in [-0.2, -0.15) is 0 Å². The smallest absolute Gasteiger partial charge is 0.227 e. The van der Waals surface area contributed by atoms with Crippen LogP contribution in [0.2, 0.25) is 0 Å². The fourth-order valence-corrected chi connectivity index (χ4v) is 4.61. The van der Waals surface area contributed by atoms with Gasteiger partial charge in [0.05, 0.1) is 12.2 Å². The molecule has 0 unspecified atom stereocenters. The van der Waals surface area contributed by atoms with E-state index >= 15 is 0 Å². The Labute approximate surface area is 180 Å². The van der Waals surface area contributed by atoms with Crippen molar-refractivity contribution in [3.05, 3.63) is 24.3 Å². The SMILES string of the molecule is CC[C@@H](C)N(CCNC(=O)CCC(=O)N1CCOc2ccccc21)C1CCCCC1. The van der Waals surface area contributed by atoms with Crippen LogP contribution in [-0.4, -0.2) is 55.0 Å². The minimum Gasteiger partial charge on any atom is -0.490 e. The Balaban J connectivity index is 1.42. The van der Waals surface area contributed by atoms with Crippen LogP contribution < -0.4 is 15.0 Å². The van der Waals surface area contributed by atoms with Gasteiger partial charge in [-0.05, 0) is 38.3 Å². The number of rotatable bonds is 9. The molecule has 2 aliphatic rings. The lowest BCUT2D eigenvalue weighted by atomic mass is 9.93. The summed E-state index contributed by atoms with van der Waals surface area (Å²) < 4.78 is 5.61. The Kier molecular flexibility index (Phi) is 8.55. The maximum Gasteiger partial charge on any atom is 0.227 e. The average Bonchev–Trinajstić information content (AvgIpc) is 2.80. The summed E-state index contributed by atoms with van der Waals surface area (Å²) >= 11 is 0. The number of amides is 2. The maximum atomic E-state index is 12.7. The van der Waals surface area contributed by atoms with E-state index in [2.05, 4.69) is 24.1 Å². The van der Waals surface area contributed by atoms with Crippen LogP contribution in [-0.2, 0) is 9.59 Å². The molecule has 1 saturated carbocycles. The number of hydrogen-bond donors (Lipinski definition) is 1. The second-order valence-corrected chi connectivity index (χ2v) is 8.50. The van der Waals surface area contributed by atoms with E-state index in [0.717, 1.165) is 24.4 Å². The second-order valence-electron chi connectivity index (χ2n) is 8.50. The molecular weight excluding hydrogens is 378 g/mol. The third-order valence-corrected chi connectivity index (χ3v) is 6.49. The number of carbonyl (C=O) groups is 2. The summed E-state index contributed by atoms with van der Waals surface area (Å²) in [5, 5.41) is 3.03. The van der Waals surface area contributed by atoms with Gasteiger partial charge in [0, 0.05) is 38.0 Å². The number of ether oxygens (including phenoxy) is 1. The summed E-state index contributed by atoms with van der Waals surface area (Å²) in [6.07, 6.45) is 8.10. The lowest BCUT2D eigenvalue weighted by Crippen LogP contribution is -2.46. The van der Waals surface area contributed by atoms with Gasteiger partial charge in [-0.25, -0.2) is 0 Å². The lowest BCUT2D eigenvalue weighted by molar-refractivity contribution is -0.125. The number of nitrogens with one attached hydrogen (secondary N) is 1. The summed E-state index contributed by atoms with van der Waals surface area (Å²) in [5.41, 5.74) is 0.797. The molecule has 1 fully saturated rings. The predicted molar refractivity (Wildman–Crippen MR) is 120 cm³/mol. The highest BCUT2D eigenvalue weighted by Gasteiger charge is 2.25. The van der Waals surface area contributed by atoms with Crippen LogP contribution >= 0.6 is 0 Å². The Morgan fingerprint density at radius 2 is 1.97 bits per heavy atom. The van der Waals surface area contributed by atoms with Crippen molar-refractivity contribution in [3.63, 3.8) is 0 Å². The first kappa shape index (κ1) is 22.6. The summed E-state index contributed by atoms with van der Waals surface area (Å²) in [6, 6.07) is 8.74. The normalized spacial score (nSPS) is 17.9. The van der Waals surface area contributed by atoms with Crippen LogP contribution in [0.1, 0.15) is 65.2 Å². The molecule has 0 aromatic heterocycles. The molecule has 1 atom stereocenters. The standard InChI is InChI=1S/C24H37N3O3/c1-3-19(2)26(20-9-5-4-6-10-20)16-15-25-23(28)13-14-24(29)27-17-18-30-22-12-8-7-11-21(22)27/h7-8,11-12,19-20H,3-6,9-10,13-18H2,1-2H3,(H,25,28)/t19-/m1/s1. The first-order valence-corrected chi connectivity index (χ1v) is 11.6. The van der Waals surface area contributed by atoms with Gasteiger partial charge in [0.1, 0.15) is 12.4 Å². The minimum absolute atomic E-state index is 0.0238. The molecule has 0 spiro atoms. The molecule has 6 heteroatoms. The van der Waals surface area contributed by atoms with Crippen LogP contribution in [0.25, 0.3) is 0 Å². The second kappa shape index (κ2) is 11.3. The van der Waals surface area contributed by atoms with Gasteiger partial charge in [-0.15, -0.1) is 0 Å². The Morgan fingerprint density at radius 3 is 2.73 bits per heavy atom. The molecule has 166 valence electrons. The van der Waals surface area contributed by atoms with Gasteiger partial charge in [0.15, 0.2) is 0 Å². The van der Waals surface area contributed by atoms with Crippen molar-refractivity contribution in [2.75, 3.05) is 31.1 Å². The van der Waals surface area contributed by atoms with Gasteiger partial charge in [0.2, 0.25) is 11.8 Å². The first-order valence-electron chi connectivity index (χ1n) is 11.6. The summed E-state index contributed by atoms with van der Waals surface area (Å²) in [6.45, 7) is 7.07. The summed E-state index contributed by atoms with van der Waals surface area (Å²) in [7, 11) is 0. The Morgan fingerprint density at radius 1 is 1.20 bits per heavy atom. The first-order chi connectivity index (χ1) is 14.6. The Bertz CT molecular complexity index is 703. The van der Waals surface area contributed by atoms with E-state index in [9.17, 15) is 9.59 Å². The predicted octanol–water partition coefficient (Wildman–Crippen LogP) is 3.74. The zero-order valence-corrected chi connectivity index (χ0v) is 18.6. The molecule has 1 N–H and O–H groups in total. The van der Waals surface area contributed by atoms with Crippen molar-refractivity contribution in [3.8, 4) is 5.75 Å². The van der Waals surface area contributed by atoms with Crippen molar-refractivity contribution in [1.29, 1.82) is 0 Å². The largest absolute Gasteiger partial charge is 0.490 e. The minimum atomic E-state index is -0.0439. The number of nitrogens with zero attached hydrogens (tertiary/aromatic N) is 2. The molecule has 1 aliphatic carbocycles. The molecule has 1 aliphatic heterocycles. The topological polar surface area (TPSA) is 61.9 Å². The number of para-hydroxylation sites is 2. The zero-order valence-electron chi connectivity index (χ0n) is 18.6. The molecule has 1 aromatic rings. The van der Waals surface area contributed by atoms with Gasteiger partial charge >= 0.3 is 0 Å². The number of benzene rings is 1. The van der Waals surface area contributed by atoms with Crippen molar-refractivity contribution in [2.45, 2.75) is 77.3 Å². The molecule has 30 heavy (non-hydrogen) atoms. The summed E-state index contributed by atoms with van der Waals surface area (Å²) in [4.78, 5) is 29.3. The zero-order chi connectivity index (χ0) is 21.3. The number of carbonyl (C=O) groups excluding carboxylic acids is 2. The van der Waals surface area contributed by atoms with E-state index in [1.54, 1.807) is 4.90 Å². The molecule has 3 rings (SSSR count). The van der Waals surface area contributed by atoms with E-state index < -0.39 is 0 Å². The molecule has 2 amide bonds. The number of fused-ring (bicyclic) bond motifs is 1. The molecule has 1 heterocycles. The quantitative estimate of drug-likeness (QED) is 0.667. The van der Waals surface area contributed by atoms with Crippen molar-refractivity contribution >= 4 is 17.5 Å². The van der Waals surface area contributed by atoms with Gasteiger partial charge in [-0.1, -0.05) is 38.3 Å². The summed E-state index contributed by atoms with van der Waals surface area (Å²) in [5.74, 6) is 0.663. The van der Waals surface area contributed by atoms with Crippen molar-refractivity contribution in [2.24, 2.45) is 0 Å². The van der Waals surface area contributed by atoms with E-state index in [4.69, 9.17) is 4.74 Å². The highest BCUT2D eigenvalue weighted by atomic mass is 16.5. The molecule has 0 bridgehead atoms. The average molecular weight is 416 g/mol. The van der Waals surface area contributed by atoms with Crippen molar-refractivity contribution < 1.29 is 14.3 Å². The van der Waals surface area contributed by atoms with Crippen LogP contribution in [0.3, 0.4) is 0 Å². The molecule has 0 radical (unpaired) electrons. The molecule has 0 saturated heterocycles. The molecular formula is C24H37N3O3. The molecule has 6 nitrogen and oxygen atoms in total. The number of anilines is 1.